The van der Waals surface area contributed by atoms with Crippen molar-refractivity contribution in [2.45, 2.75) is 38.2 Å². The summed E-state index contributed by atoms with van der Waals surface area (Å²) in [6.07, 6.45) is 1.51. The van der Waals surface area contributed by atoms with Gasteiger partial charge in [0.1, 0.15) is 0 Å². The van der Waals surface area contributed by atoms with E-state index < -0.39 is 18.0 Å². The number of unbranched alkanes of at least 4 members (excludes halogenated alkanes) is 1. The van der Waals surface area contributed by atoms with Gasteiger partial charge in [-0.3, -0.25) is 19.3 Å². The van der Waals surface area contributed by atoms with E-state index in [0.29, 0.717) is 43.2 Å². The summed E-state index contributed by atoms with van der Waals surface area (Å²) in [6.45, 7) is 0.273. The van der Waals surface area contributed by atoms with Crippen LogP contribution in [0.3, 0.4) is 0 Å². The van der Waals surface area contributed by atoms with Crippen LogP contribution in [0.25, 0.3) is 11.1 Å². The number of carboxylic acid groups (broad SMARTS) is 1. The molecule has 6 nitrogen and oxygen atoms in total. The number of aliphatic carboxylic acids is 1. The Kier molecular flexibility index (Phi) is 7.73. The van der Waals surface area contributed by atoms with E-state index in [1.54, 1.807) is 24.3 Å². The van der Waals surface area contributed by atoms with Crippen molar-refractivity contribution in [1.82, 2.24) is 4.90 Å². The lowest BCUT2D eigenvalue weighted by Gasteiger charge is -2.17. The second kappa shape index (κ2) is 11.1. The molecule has 6 heteroatoms. The summed E-state index contributed by atoms with van der Waals surface area (Å²) in [7, 11) is 0. The third-order valence-electron chi connectivity index (χ3n) is 6.60. The van der Waals surface area contributed by atoms with E-state index in [-0.39, 0.29) is 18.4 Å². The van der Waals surface area contributed by atoms with Crippen molar-refractivity contribution in [2.24, 2.45) is 5.92 Å². The summed E-state index contributed by atoms with van der Waals surface area (Å²) in [5, 5.41) is 20.2. The van der Waals surface area contributed by atoms with E-state index >= 15 is 0 Å². The highest BCUT2D eigenvalue weighted by atomic mass is 16.4. The maximum absolute atomic E-state index is 12.4. The molecule has 1 heterocycles. The van der Waals surface area contributed by atoms with E-state index in [0.717, 1.165) is 16.7 Å². The predicted molar refractivity (Wildman–Crippen MR) is 133 cm³/mol. The fraction of sp³-hybridized carbons (Fsp3) is 0.276. The SMILES string of the molecule is O=C(O)C(CCCCN1C(=O)c2ccccc2C1=O)CCC(O)c1ccc(-c2ccccc2)cc1. The minimum atomic E-state index is -0.891. The lowest BCUT2D eigenvalue weighted by atomic mass is 9.93. The third kappa shape index (κ3) is 5.66. The summed E-state index contributed by atoms with van der Waals surface area (Å²) in [6, 6.07) is 24.4. The maximum atomic E-state index is 12.4. The van der Waals surface area contributed by atoms with Crippen LogP contribution in [0.2, 0.25) is 0 Å². The highest BCUT2D eigenvalue weighted by Crippen LogP contribution is 2.27. The minimum Gasteiger partial charge on any atom is -0.481 e. The molecule has 3 aromatic carbocycles. The van der Waals surface area contributed by atoms with Gasteiger partial charge in [-0.05, 0) is 54.5 Å². The van der Waals surface area contributed by atoms with Gasteiger partial charge in [-0.15, -0.1) is 0 Å². The fourth-order valence-corrected chi connectivity index (χ4v) is 4.55. The Balaban J connectivity index is 1.24. The van der Waals surface area contributed by atoms with Crippen molar-refractivity contribution in [2.75, 3.05) is 6.54 Å². The van der Waals surface area contributed by atoms with E-state index in [2.05, 4.69) is 0 Å². The van der Waals surface area contributed by atoms with Crippen LogP contribution in [-0.4, -0.2) is 39.4 Å². The van der Waals surface area contributed by atoms with Crippen molar-refractivity contribution in [3.05, 3.63) is 95.6 Å². The van der Waals surface area contributed by atoms with Crippen molar-refractivity contribution in [3.8, 4) is 11.1 Å². The van der Waals surface area contributed by atoms with Gasteiger partial charge in [0.2, 0.25) is 0 Å². The Bertz CT molecular complexity index is 1150. The van der Waals surface area contributed by atoms with E-state index in [1.165, 1.54) is 4.90 Å². The molecule has 2 unspecified atom stereocenters. The molecule has 0 bridgehead atoms. The fourth-order valence-electron chi connectivity index (χ4n) is 4.55. The van der Waals surface area contributed by atoms with Crippen LogP contribution < -0.4 is 0 Å². The van der Waals surface area contributed by atoms with Crippen LogP contribution in [0.4, 0.5) is 0 Å². The Morgan fingerprint density at radius 1 is 0.714 bits per heavy atom. The summed E-state index contributed by atoms with van der Waals surface area (Å²) >= 11 is 0. The molecule has 2 N–H and O–H groups in total. The number of nitrogens with zero attached hydrogens (tertiary/aromatic N) is 1. The molecule has 0 aliphatic carbocycles. The van der Waals surface area contributed by atoms with Crippen molar-refractivity contribution >= 4 is 17.8 Å². The molecule has 0 fully saturated rings. The number of carboxylic acids is 1. The monoisotopic (exact) mass is 471 g/mol. The molecule has 3 aromatic rings. The number of hydrogen-bond donors (Lipinski definition) is 2. The summed E-state index contributed by atoms with van der Waals surface area (Å²) < 4.78 is 0. The molecule has 2 atom stereocenters. The van der Waals surface area contributed by atoms with Gasteiger partial charge >= 0.3 is 5.97 Å². The standard InChI is InChI=1S/C29H29NO5/c31-26(22-15-13-21(14-16-22)20-8-2-1-3-9-20)18-17-23(29(34)35)10-6-7-19-30-27(32)24-11-4-5-12-25(24)28(30)33/h1-5,8-9,11-16,23,26,31H,6-7,10,17-19H2,(H,34,35). The van der Waals surface area contributed by atoms with Gasteiger partial charge in [0, 0.05) is 6.54 Å². The van der Waals surface area contributed by atoms with Crippen LogP contribution in [0, 0.1) is 5.92 Å². The average Bonchev–Trinajstić information content (AvgIpc) is 3.13. The number of fused-ring (bicyclic) bond motifs is 1. The molecule has 35 heavy (non-hydrogen) atoms. The Morgan fingerprint density at radius 3 is 1.89 bits per heavy atom. The molecule has 0 saturated heterocycles. The quantitative estimate of drug-likeness (QED) is 0.291. The summed E-state index contributed by atoms with van der Waals surface area (Å²) in [4.78, 5) is 37.9. The van der Waals surface area contributed by atoms with Gasteiger partial charge in [0.05, 0.1) is 23.1 Å². The Labute approximate surface area is 204 Å². The molecule has 2 amide bonds. The molecule has 0 radical (unpaired) electrons. The third-order valence-corrected chi connectivity index (χ3v) is 6.60. The van der Waals surface area contributed by atoms with E-state index in [1.807, 2.05) is 54.6 Å². The molecule has 4 rings (SSSR count). The number of imide groups is 1. The number of amides is 2. The van der Waals surface area contributed by atoms with Crippen molar-refractivity contribution in [1.29, 1.82) is 0 Å². The first kappa shape index (κ1) is 24.4. The van der Waals surface area contributed by atoms with Gasteiger partial charge < -0.3 is 10.2 Å². The molecule has 0 aromatic heterocycles. The minimum absolute atomic E-state index is 0.273. The number of hydrogen-bond acceptors (Lipinski definition) is 4. The average molecular weight is 472 g/mol. The van der Waals surface area contributed by atoms with E-state index in [9.17, 15) is 24.6 Å². The molecule has 1 aliphatic rings. The number of carbonyl (C=O) groups excluding carboxylic acids is 2. The number of rotatable bonds is 11. The zero-order chi connectivity index (χ0) is 24.8. The first-order chi connectivity index (χ1) is 17.0. The molecule has 180 valence electrons. The Morgan fingerprint density at radius 2 is 1.29 bits per heavy atom. The smallest absolute Gasteiger partial charge is 0.306 e. The zero-order valence-electron chi connectivity index (χ0n) is 19.5. The normalized spacial score (nSPS) is 14.6. The number of aliphatic hydroxyl groups excluding tert-OH is 1. The highest BCUT2D eigenvalue weighted by molar-refractivity contribution is 6.21. The maximum Gasteiger partial charge on any atom is 0.306 e. The van der Waals surface area contributed by atoms with Crippen LogP contribution in [0.5, 0.6) is 0 Å². The lowest BCUT2D eigenvalue weighted by Crippen LogP contribution is -2.30. The van der Waals surface area contributed by atoms with E-state index in [4.69, 9.17) is 0 Å². The Hall–Kier alpha value is -3.77. The van der Waals surface area contributed by atoms with Crippen molar-refractivity contribution < 1.29 is 24.6 Å². The molecular weight excluding hydrogens is 442 g/mol. The zero-order valence-corrected chi connectivity index (χ0v) is 19.5. The number of aliphatic hydroxyl groups is 1. The molecule has 0 saturated carbocycles. The first-order valence-corrected chi connectivity index (χ1v) is 12.0. The second-order valence-corrected chi connectivity index (χ2v) is 8.92. The van der Waals surface area contributed by atoms with Gasteiger partial charge in [-0.25, -0.2) is 0 Å². The number of benzene rings is 3. The van der Waals surface area contributed by atoms with Crippen LogP contribution in [-0.2, 0) is 4.79 Å². The molecule has 1 aliphatic heterocycles. The summed E-state index contributed by atoms with van der Waals surface area (Å²) in [5.74, 6) is -2.06. The molecule has 0 spiro atoms. The van der Waals surface area contributed by atoms with Gasteiger partial charge in [-0.2, -0.15) is 0 Å². The highest BCUT2D eigenvalue weighted by Gasteiger charge is 2.34. The van der Waals surface area contributed by atoms with Crippen LogP contribution in [0.1, 0.15) is 64.5 Å². The molecular formula is C29H29NO5. The van der Waals surface area contributed by atoms with Gasteiger partial charge in [0.25, 0.3) is 11.8 Å². The summed E-state index contributed by atoms with van der Waals surface area (Å²) in [5.41, 5.74) is 3.77. The van der Waals surface area contributed by atoms with Crippen LogP contribution >= 0.6 is 0 Å². The predicted octanol–water partition coefficient (Wildman–Crippen LogP) is 5.33. The first-order valence-electron chi connectivity index (χ1n) is 12.0. The van der Waals surface area contributed by atoms with Gasteiger partial charge in [-0.1, -0.05) is 73.2 Å². The topological polar surface area (TPSA) is 94.9 Å². The van der Waals surface area contributed by atoms with Crippen LogP contribution in [0.15, 0.2) is 78.9 Å². The number of carbonyl (C=O) groups is 3. The van der Waals surface area contributed by atoms with Crippen molar-refractivity contribution in [3.63, 3.8) is 0 Å². The lowest BCUT2D eigenvalue weighted by molar-refractivity contribution is -0.142. The second-order valence-electron chi connectivity index (χ2n) is 8.92. The van der Waals surface area contributed by atoms with Gasteiger partial charge in [0.15, 0.2) is 0 Å². The largest absolute Gasteiger partial charge is 0.481 e.